The number of nitrogens with one attached hydrogen (secondary N) is 2. The first-order chi connectivity index (χ1) is 11.9. The first kappa shape index (κ1) is 18.1. The minimum Gasteiger partial charge on any atom is -0.324 e. The molecule has 0 unspecified atom stereocenters. The minimum atomic E-state index is -0.398. The van der Waals surface area contributed by atoms with Crippen LogP contribution in [0.5, 0.6) is 0 Å². The normalized spacial score (nSPS) is 11.0. The Morgan fingerprint density at radius 2 is 1.96 bits per heavy atom. The number of carbonyl (C=O) groups excluding carboxylic acids is 1. The summed E-state index contributed by atoms with van der Waals surface area (Å²) in [6.07, 6.45) is 0.829. The Morgan fingerprint density at radius 1 is 1.28 bits per heavy atom. The molecule has 5 nitrogen and oxygen atoms in total. The average Bonchev–Trinajstić information content (AvgIpc) is 2.93. The van der Waals surface area contributed by atoms with Crippen molar-refractivity contribution in [2.24, 2.45) is 0 Å². The van der Waals surface area contributed by atoms with E-state index in [1.54, 1.807) is 18.2 Å². The second-order valence-corrected chi connectivity index (χ2v) is 7.73. The number of H-pyrrole nitrogens is 1. The van der Waals surface area contributed by atoms with Gasteiger partial charge in [-0.1, -0.05) is 30.1 Å². The van der Waals surface area contributed by atoms with Gasteiger partial charge >= 0.3 is 0 Å². The van der Waals surface area contributed by atoms with Gasteiger partial charge in [-0.3, -0.25) is 14.2 Å². The molecule has 0 aliphatic rings. The summed E-state index contributed by atoms with van der Waals surface area (Å²) in [5.74, 6) is -0.398. The number of hydrogen-bond acceptors (Lipinski definition) is 4. The molecule has 0 atom stereocenters. The van der Waals surface area contributed by atoms with Gasteiger partial charge in [0.25, 0.3) is 5.56 Å². The molecule has 0 aliphatic carbocycles. The van der Waals surface area contributed by atoms with Crippen LogP contribution in [0, 0.1) is 4.77 Å². The molecule has 0 aliphatic heterocycles. The van der Waals surface area contributed by atoms with E-state index in [2.05, 4.69) is 10.3 Å². The summed E-state index contributed by atoms with van der Waals surface area (Å²) in [4.78, 5) is 29.7. The van der Waals surface area contributed by atoms with Crippen LogP contribution in [0.15, 0.2) is 29.1 Å². The van der Waals surface area contributed by atoms with Crippen molar-refractivity contribution in [2.45, 2.75) is 19.9 Å². The fraction of sp³-hybridized carbons (Fsp3) is 0.188. The van der Waals surface area contributed by atoms with Crippen molar-refractivity contribution in [3.63, 3.8) is 0 Å². The van der Waals surface area contributed by atoms with Gasteiger partial charge in [0.05, 0.1) is 5.39 Å². The molecular weight excluding hydrogens is 401 g/mol. The Morgan fingerprint density at radius 3 is 2.60 bits per heavy atom. The van der Waals surface area contributed by atoms with E-state index in [4.69, 9.17) is 35.4 Å². The molecule has 1 aromatic carbocycles. The molecular formula is C16H13Cl2N3O2S2. The molecule has 9 heteroatoms. The van der Waals surface area contributed by atoms with Crippen molar-refractivity contribution in [1.29, 1.82) is 0 Å². The molecule has 0 fully saturated rings. The number of aryl methyl sites for hydroxylation is 1. The number of halogens is 2. The zero-order valence-corrected chi connectivity index (χ0v) is 16.2. The lowest BCUT2D eigenvalue weighted by Crippen LogP contribution is -2.28. The maximum atomic E-state index is 12.6. The highest BCUT2D eigenvalue weighted by molar-refractivity contribution is 7.71. The third-order valence-corrected chi connectivity index (χ3v) is 5.47. The van der Waals surface area contributed by atoms with Crippen LogP contribution in [-0.4, -0.2) is 15.5 Å². The van der Waals surface area contributed by atoms with Crippen LogP contribution < -0.4 is 10.9 Å². The first-order valence-corrected chi connectivity index (χ1v) is 9.37. The lowest BCUT2D eigenvalue weighted by molar-refractivity contribution is -0.116. The van der Waals surface area contributed by atoms with Gasteiger partial charge in [0.15, 0.2) is 4.77 Å². The van der Waals surface area contributed by atoms with E-state index < -0.39 is 5.91 Å². The summed E-state index contributed by atoms with van der Waals surface area (Å²) in [7, 11) is 0. The van der Waals surface area contributed by atoms with Gasteiger partial charge in [-0.2, -0.15) is 0 Å². The van der Waals surface area contributed by atoms with Gasteiger partial charge in [-0.15, -0.1) is 11.3 Å². The van der Waals surface area contributed by atoms with Crippen molar-refractivity contribution in [3.8, 4) is 0 Å². The lowest BCUT2D eigenvalue weighted by Gasteiger charge is -2.08. The van der Waals surface area contributed by atoms with E-state index in [0.29, 0.717) is 21.1 Å². The van der Waals surface area contributed by atoms with Crippen LogP contribution in [0.4, 0.5) is 5.69 Å². The van der Waals surface area contributed by atoms with E-state index >= 15 is 0 Å². The molecule has 0 spiro atoms. The highest BCUT2D eigenvalue weighted by Gasteiger charge is 2.12. The summed E-state index contributed by atoms with van der Waals surface area (Å²) in [6, 6.07) is 6.54. The van der Waals surface area contributed by atoms with E-state index in [1.807, 2.05) is 13.0 Å². The van der Waals surface area contributed by atoms with Crippen LogP contribution in [-0.2, 0) is 17.8 Å². The number of carbonyl (C=O) groups is 1. The van der Waals surface area contributed by atoms with Gasteiger partial charge in [0.1, 0.15) is 11.4 Å². The highest BCUT2D eigenvalue weighted by Crippen LogP contribution is 2.23. The third-order valence-electron chi connectivity index (χ3n) is 3.52. The zero-order valence-electron chi connectivity index (χ0n) is 13.1. The predicted octanol–water partition coefficient (Wildman–Crippen LogP) is 4.63. The summed E-state index contributed by atoms with van der Waals surface area (Å²) in [5, 5.41) is 4.02. The number of hydrogen-bond donors (Lipinski definition) is 2. The number of nitrogens with zero attached hydrogens (tertiary/aromatic N) is 1. The quantitative estimate of drug-likeness (QED) is 0.612. The van der Waals surface area contributed by atoms with Crippen LogP contribution in [0.3, 0.4) is 0 Å². The van der Waals surface area contributed by atoms with Crippen LogP contribution >= 0.6 is 46.8 Å². The van der Waals surface area contributed by atoms with E-state index in [-0.39, 0.29) is 16.9 Å². The molecule has 0 saturated heterocycles. The summed E-state index contributed by atoms with van der Waals surface area (Å²) in [5.41, 5.74) is 0.171. The second kappa shape index (κ2) is 7.29. The lowest BCUT2D eigenvalue weighted by atomic mass is 10.3. The Bertz CT molecular complexity index is 1060. The molecule has 0 saturated carbocycles. The zero-order chi connectivity index (χ0) is 18.1. The Balaban J connectivity index is 1.90. The van der Waals surface area contributed by atoms with Crippen molar-refractivity contribution in [3.05, 3.63) is 54.3 Å². The maximum absolute atomic E-state index is 12.6. The minimum absolute atomic E-state index is 0.203. The van der Waals surface area contributed by atoms with Crippen molar-refractivity contribution in [1.82, 2.24) is 9.55 Å². The fourth-order valence-corrected chi connectivity index (χ4v) is 4.21. The molecule has 2 aromatic heterocycles. The Labute approximate surface area is 162 Å². The number of aromatic amines is 1. The van der Waals surface area contributed by atoms with Crippen molar-refractivity contribution < 1.29 is 4.79 Å². The fourth-order valence-electron chi connectivity index (χ4n) is 2.38. The van der Waals surface area contributed by atoms with Crippen molar-refractivity contribution >= 4 is 68.6 Å². The maximum Gasteiger partial charge on any atom is 0.263 e. The second-order valence-electron chi connectivity index (χ2n) is 5.34. The molecule has 3 rings (SSSR count). The standard InChI is InChI=1S/C16H13Cl2N3O2S2/c1-2-11-6-12-14(25-11)20-16(24)21(15(12)23)7-13(22)19-10-4-8(17)3-9(18)5-10/h3-6H,2,7H2,1H3,(H,19,22)(H,20,24). The molecule has 2 heterocycles. The monoisotopic (exact) mass is 413 g/mol. The summed E-state index contributed by atoms with van der Waals surface area (Å²) < 4.78 is 1.45. The summed E-state index contributed by atoms with van der Waals surface area (Å²) in [6.45, 7) is 1.81. The SMILES string of the molecule is CCc1cc2c(=O)n(CC(=O)Nc3cc(Cl)cc(Cl)c3)c(=S)[nH]c2s1. The Hall–Kier alpha value is -1.67. The van der Waals surface area contributed by atoms with Gasteiger partial charge in [-0.05, 0) is 42.9 Å². The smallest absolute Gasteiger partial charge is 0.263 e. The molecule has 1 amide bonds. The molecule has 2 N–H and O–H groups in total. The average molecular weight is 414 g/mol. The Kier molecular flexibility index (Phi) is 5.29. The molecule has 3 aromatic rings. The van der Waals surface area contributed by atoms with Gasteiger partial charge in [0.2, 0.25) is 5.91 Å². The van der Waals surface area contributed by atoms with E-state index in [1.165, 1.54) is 15.9 Å². The molecule has 0 bridgehead atoms. The summed E-state index contributed by atoms with van der Waals surface area (Å²) >= 11 is 18.6. The topological polar surface area (TPSA) is 66.9 Å². The van der Waals surface area contributed by atoms with E-state index in [9.17, 15) is 9.59 Å². The molecule has 0 radical (unpaired) electrons. The number of thiophene rings is 1. The number of benzene rings is 1. The number of rotatable bonds is 4. The van der Waals surface area contributed by atoms with Crippen LogP contribution in [0.25, 0.3) is 10.2 Å². The van der Waals surface area contributed by atoms with Crippen LogP contribution in [0.1, 0.15) is 11.8 Å². The number of anilines is 1. The van der Waals surface area contributed by atoms with Crippen LogP contribution in [0.2, 0.25) is 10.0 Å². The highest BCUT2D eigenvalue weighted by atomic mass is 35.5. The van der Waals surface area contributed by atoms with Crippen molar-refractivity contribution in [2.75, 3.05) is 5.32 Å². The largest absolute Gasteiger partial charge is 0.324 e. The van der Waals surface area contributed by atoms with Gasteiger partial charge in [0, 0.05) is 20.6 Å². The molecule has 25 heavy (non-hydrogen) atoms. The molecule has 130 valence electrons. The van der Waals surface area contributed by atoms with Gasteiger partial charge in [-0.25, -0.2) is 0 Å². The first-order valence-electron chi connectivity index (χ1n) is 7.39. The van der Waals surface area contributed by atoms with E-state index in [0.717, 1.165) is 16.1 Å². The number of aromatic nitrogens is 2. The number of amides is 1. The third kappa shape index (κ3) is 3.95. The van der Waals surface area contributed by atoms with Gasteiger partial charge < -0.3 is 10.3 Å². The number of fused-ring (bicyclic) bond motifs is 1. The predicted molar refractivity (Wildman–Crippen MR) is 106 cm³/mol.